The van der Waals surface area contributed by atoms with E-state index in [-0.39, 0.29) is 17.0 Å². The fourth-order valence-electron chi connectivity index (χ4n) is 3.28. The summed E-state index contributed by atoms with van der Waals surface area (Å²) >= 11 is 0. The van der Waals surface area contributed by atoms with E-state index in [0.717, 1.165) is 32.5 Å². The molecule has 1 heterocycles. The number of benzene rings is 2. The number of piperidine rings is 1. The van der Waals surface area contributed by atoms with Crippen molar-refractivity contribution >= 4 is 0 Å². The fraction of sp³-hybridized carbons (Fsp3) is 0.368. The monoisotopic (exact) mass is 301 g/mol. The van der Waals surface area contributed by atoms with E-state index < -0.39 is 0 Å². The molecule has 1 fully saturated rings. The van der Waals surface area contributed by atoms with Gasteiger partial charge >= 0.3 is 0 Å². The fourth-order valence-corrected chi connectivity index (χ4v) is 3.28. The van der Waals surface area contributed by atoms with Crippen molar-refractivity contribution in [1.29, 1.82) is 0 Å². The molecule has 3 rings (SSSR count). The smallest absolute Gasteiger partial charge is 0.127 e. The lowest BCUT2D eigenvalue weighted by molar-refractivity contribution is 0.159. The molecule has 2 aromatic carbocycles. The van der Waals surface area contributed by atoms with Crippen LogP contribution in [0.3, 0.4) is 0 Å². The van der Waals surface area contributed by atoms with Crippen LogP contribution in [0.4, 0.5) is 8.78 Å². The lowest BCUT2D eigenvalue weighted by Gasteiger charge is -2.40. The van der Waals surface area contributed by atoms with E-state index in [1.165, 1.54) is 23.8 Å². The second kappa shape index (κ2) is 6.17. The van der Waals surface area contributed by atoms with Gasteiger partial charge in [0.2, 0.25) is 0 Å². The second-order valence-corrected chi connectivity index (χ2v) is 6.45. The molecule has 2 aromatic rings. The zero-order valence-electron chi connectivity index (χ0n) is 12.9. The minimum Gasteiger partial charge on any atom is -0.299 e. The van der Waals surface area contributed by atoms with Gasteiger partial charge in [0.1, 0.15) is 11.6 Å². The predicted octanol–water partition coefficient (Wildman–Crippen LogP) is 4.52. The number of hydrogen-bond acceptors (Lipinski definition) is 1. The number of halogens is 2. The van der Waals surface area contributed by atoms with Crippen molar-refractivity contribution in [2.24, 2.45) is 0 Å². The summed E-state index contributed by atoms with van der Waals surface area (Å²) in [4.78, 5) is 2.38. The third-order valence-corrected chi connectivity index (χ3v) is 4.79. The molecule has 1 aliphatic rings. The van der Waals surface area contributed by atoms with Crippen LogP contribution in [0.5, 0.6) is 0 Å². The van der Waals surface area contributed by atoms with Gasteiger partial charge in [-0.05, 0) is 60.7 Å². The minimum atomic E-state index is -0.357. The maximum Gasteiger partial charge on any atom is 0.127 e. The lowest BCUT2D eigenvalue weighted by Crippen LogP contribution is -2.41. The van der Waals surface area contributed by atoms with E-state index >= 15 is 0 Å². The van der Waals surface area contributed by atoms with Crippen molar-refractivity contribution in [2.45, 2.75) is 31.7 Å². The first-order chi connectivity index (χ1) is 10.6. The largest absolute Gasteiger partial charge is 0.299 e. The zero-order chi connectivity index (χ0) is 15.6. The highest BCUT2D eigenvalue weighted by molar-refractivity contribution is 5.28. The van der Waals surface area contributed by atoms with Crippen molar-refractivity contribution in [3.63, 3.8) is 0 Å². The Morgan fingerprint density at radius 1 is 1.00 bits per heavy atom. The first-order valence-corrected chi connectivity index (χ1v) is 7.79. The van der Waals surface area contributed by atoms with Gasteiger partial charge < -0.3 is 0 Å². The van der Waals surface area contributed by atoms with E-state index in [0.29, 0.717) is 5.56 Å². The molecule has 1 saturated heterocycles. The molecule has 0 aliphatic carbocycles. The van der Waals surface area contributed by atoms with Crippen LogP contribution in [0, 0.1) is 11.6 Å². The normalized spacial score (nSPS) is 18.3. The van der Waals surface area contributed by atoms with Crippen molar-refractivity contribution in [3.8, 4) is 0 Å². The molecule has 0 unspecified atom stereocenters. The van der Waals surface area contributed by atoms with Gasteiger partial charge in [-0.1, -0.05) is 37.3 Å². The second-order valence-electron chi connectivity index (χ2n) is 6.45. The highest BCUT2D eigenvalue weighted by Crippen LogP contribution is 2.37. The molecular weight excluding hydrogens is 280 g/mol. The Labute approximate surface area is 130 Å². The highest BCUT2D eigenvalue weighted by atomic mass is 19.1. The van der Waals surface area contributed by atoms with Crippen LogP contribution in [0.25, 0.3) is 0 Å². The first kappa shape index (κ1) is 15.2. The number of likely N-dealkylation sites (tertiary alicyclic amines) is 1. The van der Waals surface area contributed by atoms with Crippen LogP contribution in [-0.2, 0) is 12.0 Å². The summed E-state index contributed by atoms with van der Waals surface area (Å²) in [6.07, 6.45) is 1.69. The maximum absolute atomic E-state index is 14.1. The van der Waals surface area contributed by atoms with E-state index in [1.54, 1.807) is 0 Å². The number of rotatable bonds is 3. The molecule has 0 bridgehead atoms. The van der Waals surface area contributed by atoms with Gasteiger partial charge in [0.05, 0.1) is 0 Å². The molecular formula is C19H21F2N. The predicted molar refractivity (Wildman–Crippen MR) is 84.7 cm³/mol. The summed E-state index contributed by atoms with van der Waals surface area (Å²) in [6.45, 7) is 4.77. The van der Waals surface area contributed by atoms with Crippen LogP contribution >= 0.6 is 0 Å². The van der Waals surface area contributed by atoms with Gasteiger partial charge in [0, 0.05) is 6.54 Å². The van der Waals surface area contributed by atoms with Gasteiger partial charge in [-0.25, -0.2) is 8.78 Å². The summed E-state index contributed by atoms with van der Waals surface area (Å²) in [7, 11) is 0. The van der Waals surface area contributed by atoms with Crippen molar-refractivity contribution in [3.05, 3.63) is 71.3 Å². The Kier molecular flexibility index (Phi) is 4.25. The summed E-state index contributed by atoms with van der Waals surface area (Å²) < 4.78 is 27.5. The quantitative estimate of drug-likeness (QED) is 0.806. The standard InChI is InChI=1S/C19H21F2N/c1-19(17-13-16(20)7-8-18(17)21)9-11-22(12-10-19)14-15-5-3-2-4-6-15/h2-8,13H,9-12,14H2,1H3. The molecule has 0 saturated carbocycles. The number of hydrogen-bond donors (Lipinski definition) is 0. The molecule has 0 aromatic heterocycles. The summed E-state index contributed by atoms with van der Waals surface area (Å²) in [5, 5.41) is 0. The van der Waals surface area contributed by atoms with Gasteiger partial charge in [-0.3, -0.25) is 4.90 Å². The lowest BCUT2D eigenvalue weighted by atomic mass is 9.74. The van der Waals surface area contributed by atoms with Gasteiger partial charge in [0.15, 0.2) is 0 Å². The van der Waals surface area contributed by atoms with E-state index in [4.69, 9.17) is 0 Å². The zero-order valence-corrected chi connectivity index (χ0v) is 12.9. The van der Waals surface area contributed by atoms with Gasteiger partial charge in [-0.2, -0.15) is 0 Å². The molecule has 0 atom stereocenters. The molecule has 1 nitrogen and oxygen atoms in total. The molecule has 0 N–H and O–H groups in total. The van der Waals surface area contributed by atoms with Gasteiger partial charge in [0.25, 0.3) is 0 Å². The molecule has 1 aliphatic heterocycles. The van der Waals surface area contributed by atoms with Crippen molar-refractivity contribution < 1.29 is 8.78 Å². The average Bonchev–Trinajstić information content (AvgIpc) is 2.53. The van der Waals surface area contributed by atoms with E-state index in [9.17, 15) is 8.78 Å². The minimum absolute atomic E-state index is 0.278. The number of nitrogens with zero attached hydrogens (tertiary/aromatic N) is 1. The summed E-state index contributed by atoms with van der Waals surface area (Å²) in [5.74, 6) is -0.648. The average molecular weight is 301 g/mol. The Morgan fingerprint density at radius 3 is 2.36 bits per heavy atom. The van der Waals surface area contributed by atoms with Crippen LogP contribution < -0.4 is 0 Å². The van der Waals surface area contributed by atoms with E-state index in [1.807, 2.05) is 25.1 Å². The third-order valence-electron chi connectivity index (χ3n) is 4.79. The highest BCUT2D eigenvalue weighted by Gasteiger charge is 2.34. The molecule has 0 radical (unpaired) electrons. The maximum atomic E-state index is 14.1. The SMILES string of the molecule is CC1(c2cc(F)ccc2F)CCN(Cc2ccccc2)CC1. The molecule has 3 heteroatoms. The van der Waals surface area contributed by atoms with Crippen molar-refractivity contribution in [2.75, 3.05) is 13.1 Å². The Balaban J connectivity index is 1.69. The van der Waals surface area contributed by atoms with Crippen LogP contribution in [-0.4, -0.2) is 18.0 Å². The first-order valence-electron chi connectivity index (χ1n) is 7.79. The van der Waals surface area contributed by atoms with Crippen molar-refractivity contribution in [1.82, 2.24) is 4.90 Å². The Hall–Kier alpha value is -1.74. The molecule has 0 spiro atoms. The molecule has 0 amide bonds. The molecule has 22 heavy (non-hydrogen) atoms. The van der Waals surface area contributed by atoms with Crippen LogP contribution in [0.15, 0.2) is 48.5 Å². The Morgan fingerprint density at radius 2 is 1.68 bits per heavy atom. The summed E-state index contributed by atoms with van der Waals surface area (Å²) in [5.41, 5.74) is 1.54. The van der Waals surface area contributed by atoms with E-state index in [2.05, 4.69) is 17.0 Å². The third kappa shape index (κ3) is 3.20. The summed E-state index contributed by atoms with van der Waals surface area (Å²) in [6, 6.07) is 14.2. The van der Waals surface area contributed by atoms with Gasteiger partial charge in [-0.15, -0.1) is 0 Å². The molecule has 116 valence electrons. The van der Waals surface area contributed by atoms with Crippen LogP contribution in [0.2, 0.25) is 0 Å². The van der Waals surface area contributed by atoms with Crippen LogP contribution in [0.1, 0.15) is 30.9 Å². The Bertz CT molecular complexity index is 631. The topological polar surface area (TPSA) is 3.24 Å².